The van der Waals surface area contributed by atoms with Crippen LogP contribution in [-0.4, -0.2) is 82.7 Å². The number of methoxy groups -OCH3 is 1. The summed E-state index contributed by atoms with van der Waals surface area (Å²) in [6.45, 7) is 5.80. The van der Waals surface area contributed by atoms with E-state index in [9.17, 15) is 13.2 Å². The highest BCUT2D eigenvalue weighted by Gasteiger charge is 2.25. The zero-order valence-corrected chi connectivity index (χ0v) is 23.4. The van der Waals surface area contributed by atoms with Crippen molar-refractivity contribution in [1.82, 2.24) is 19.1 Å². The van der Waals surface area contributed by atoms with Crippen molar-refractivity contribution in [3.8, 4) is 5.75 Å². The van der Waals surface area contributed by atoms with Gasteiger partial charge >= 0.3 is 0 Å². The number of aryl methyl sites for hydroxylation is 2. The number of benzene rings is 2. The number of hydrogen-bond donors (Lipinski definition) is 1. The fraction of sp³-hybridized carbons (Fsp3) is 0.444. The minimum absolute atomic E-state index is 0.0999. The smallest absolute Gasteiger partial charge is 0.246 e. The predicted molar refractivity (Wildman–Crippen MR) is 145 cm³/mol. The van der Waals surface area contributed by atoms with E-state index in [2.05, 4.69) is 53.3 Å². The highest BCUT2D eigenvalue weighted by molar-refractivity contribution is 7.89. The van der Waals surface area contributed by atoms with Crippen molar-refractivity contribution >= 4 is 26.8 Å². The lowest BCUT2D eigenvalue weighted by atomic mass is 10.1. The average molecular weight is 531 g/mol. The van der Waals surface area contributed by atoms with Crippen molar-refractivity contribution in [3.63, 3.8) is 0 Å². The third kappa shape index (κ3) is 7.32. The van der Waals surface area contributed by atoms with E-state index in [0.29, 0.717) is 23.4 Å². The van der Waals surface area contributed by atoms with E-state index < -0.39 is 10.0 Å². The first-order valence-corrected chi connectivity index (χ1v) is 13.7. The van der Waals surface area contributed by atoms with Gasteiger partial charge in [0.2, 0.25) is 15.9 Å². The van der Waals surface area contributed by atoms with Crippen molar-refractivity contribution in [3.05, 3.63) is 59.3 Å². The van der Waals surface area contributed by atoms with Crippen LogP contribution in [0.2, 0.25) is 0 Å². The van der Waals surface area contributed by atoms with Gasteiger partial charge < -0.3 is 24.3 Å². The molecule has 0 radical (unpaired) electrons. The predicted octanol–water partition coefficient (Wildman–Crippen LogP) is 2.78. The Bertz CT molecular complexity index is 1310. The van der Waals surface area contributed by atoms with Gasteiger partial charge in [0, 0.05) is 44.9 Å². The van der Waals surface area contributed by atoms with Crippen LogP contribution in [0.1, 0.15) is 16.7 Å². The first-order valence-electron chi connectivity index (χ1n) is 12.2. The monoisotopic (exact) mass is 530 g/mol. The number of nitrogens with one attached hydrogen (secondary N) is 1. The van der Waals surface area contributed by atoms with Crippen LogP contribution < -0.4 is 10.1 Å². The van der Waals surface area contributed by atoms with Crippen LogP contribution in [0.15, 0.2) is 47.5 Å². The summed E-state index contributed by atoms with van der Waals surface area (Å²) >= 11 is 0. The molecule has 0 bridgehead atoms. The fourth-order valence-corrected chi connectivity index (χ4v) is 5.72. The van der Waals surface area contributed by atoms with Crippen molar-refractivity contribution in [2.24, 2.45) is 0 Å². The number of hydrogen-bond acceptors (Lipinski definition) is 6. The lowest BCUT2D eigenvalue weighted by Gasteiger charge is -2.20. The quantitative estimate of drug-likeness (QED) is 0.342. The number of fused-ring (bicyclic) bond motifs is 1. The number of sulfonamides is 1. The molecular formula is C27H38N4O5S. The Kier molecular flexibility index (Phi) is 9.72. The first kappa shape index (κ1) is 28.6. The molecule has 0 aliphatic heterocycles. The second kappa shape index (κ2) is 12.6. The van der Waals surface area contributed by atoms with E-state index in [0.717, 1.165) is 29.6 Å². The number of carbonyl (C=O) groups excluding carboxylic acids is 1. The fourth-order valence-electron chi connectivity index (χ4n) is 4.16. The van der Waals surface area contributed by atoms with Crippen LogP contribution in [0.25, 0.3) is 10.9 Å². The zero-order chi connectivity index (χ0) is 27.2. The molecule has 2 aromatic carbocycles. The standard InChI is InChI=1S/C27H38N4O5S/c1-20-15-24(35-6)16-21(2)27(20)37(33,34)30(5)13-14-36-19-26(32)28-18-22-7-8-23-9-10-31(25(23)17-22)12-11-29(3)4/h7-10,15-17H,11-14,18-19H2,1-6H3,(H,28,32). The molecule has 3 rings (SSSR count). The van der Waals surface area contributed by atoms with Crippen LogP contribution >= 0.6 is 0 Å². The lowest BCUT2D eigenvalue weighted by molar-refractivity contribution is -0.125. The number of amides is 1. The van der Waals surface area contributed by atoms with Gasteiger partial charge in [-0.1, -0.05) is 12.1 Å². The molecule has 1 amide bonds. The molecule has 1 aromatic heterocycles. The Labute approximate surface area is 220 Å². The largest absolute Gasteiger partial charge is 0.497 e. The Morgan fingerprint density at radius 1 is 1.03 bits per heavy atom. The number of aromatic nitrogens is 1. The molecule has 0 aliphatic rings. The molecule has 0 atom stereocenters. The molecule has 9 nitrogen and oxygen atoms in total. The molecule has 0 aliphatic carbocycles. The van der Waals surface area contributed by atoms with E-state index in [1.807, 2.05) is 6.07 Å². The van der Waals surface area contributed by atoms with Gasteiger partial charge in [0.25, 0.3) is 0 Å². The van der Waals surface area contributed by atoms with Crippen molar-refractivity contribution in [2.75, 3.05) is 54.6 Å². The van der Waals surface area contributed by atoms with Gasteiger partial charge in [0.1, 0.15) is 12.4 Å². The summed E-state index contributed by atoms with van der Waals surface area (Å²) in [5.41, 5.74) is 3.37. The summed E-state index contributed by atoms with van der Waals surface area (Å²) in [4.78, 5) is 14.7. The van der Waals surface area contributed by atoms with Gasteiger partial charge in [-0.15, -0.1) is 0 Å². The molecular weight excluding hydrogens is 492 g/mol. The normalized spacial score (nSPS) is 12.0. The summed E-state index contributed by atoms with van der Waals surface area (Å²) in [5, 5.41) is 4.03. The number of carbonyl (C=O) groups is 1. The molecule has 37 heavy (non-hydrogen) atoms. The van der Waals surface area contributed by atoms with E-state index in [1.165, 1.54) is 11.4 Å². The van der Waals surface area contributed by atoms with Gasteiger partial charge in [-0.3, -0.25) is 4.79 Å². The minimum atomic E-state index is -3.71. The second-order valence-corrected chi connectivity index (χ2v) is 11.4. The second-order valence-electron chi connectivity index (χ2n) is 9.45. The van der Waals surface area contributed by atoms with Crippen LogP contribution in [0.4, 0.5) is 0 Å². The first-order chi connectivity index (χ1) is 17.5. The maximum Gasteiger partial charge on any atom is 0.246 e. The van der Waals surface area contributed by atoms with Crippen molar-refractivity contribution < 1.29 is 22.7 Å². The minimum Gasteiger partial charge on any atom is -0.497 e. The summed E-state index contributed by atoms with van der Waals surface area (Å²) in [6, 6.07) is 11.6. The molecule has 0 saturated carbocycles. The Hall–Kier alpha value is -2.92. The van der Waals surface area contributed by atoms with Gasteiger partial charge in [-0.2, -0.15) is 4.31 Å². The van der Waals surface area contributed by atoms with Crippen LogP contribution in [-0.2, 0) is 32.6 Å². The highest BCUT2D eigenvalue weighted by atomic mass is 32.2. The van der Waals surface area contributed by atoms with Crippen molar-refractivity contribution in [1.29, 1.82) is 0 Å². The number of likely N-dealkylation sites (N-methyl/N-ethyl adjacent to an activating group) is 2. The Morgan fingerprint density at radius 3 is 2.38 bits per heavy atom. The molecule has 202 valence electrons. The molecule has 0 spiro atoms. The van der Waals surface area contributed by atoms with E-state index >= 15 is 0 Å². The SMILES string of the molecule is COc1cc(C)c(S(=O)(=O)N(C)CCOCC(=O)NCc2ccc3ccn(CCN(C)C)c3c2)c(C)c1. The topological polar surface area (TPSA) is 93.1 Å². The molecule has 1 N–H and O–H groups in total. The lowest BCUT2D eigenvalue weighted by Crippen LogP contribution is -2.33. The third-order valence-corrected chi connectivity index (χ3v) is 8.40. The zero-order valence-electron chi connectivity index (χ0n) is 22.6. The van der Waals surface area contributed by atoms with Gasteiger partial charge in [-0.05, 0) is 74.3 Å². The van der Waals surface area contributed by atoms with E-state index in [1.54, 1.807) is 33.1 Å². The molecule has 10 heteroatoms. The van der Waals surface area contributed by atoms with Crippen molar-refractivity contribution in [2.45, 2.75) is 31.8 Å². The van der Waals surface area contributed by atoms with Gasteiger partial charge in [-0.25, -0.2) is 8.42 Å². The average Bonchev–Trinajstić information content (AvgIpc) is 3.25. The van der Waals surface area contributed by atoms with Gasteiger partial charge in [0.15, 0.2) is 0 Å². The number of rotatable bonds is 13. The number of ether oxygens (including phenoxy) is 2. The molecule has 1 heterocycles. The third-order valence-electron chi connectivity index (χ3n) is 6.24. The van der Waals surface area contributed by atoms with Crippen LogP contribution in [0.5, 0.6) is 5.75 Å². The molecule has 3 aromatic rings. The summed E-state index contributed by atoms with van der Waals surface area (Å²) < 4.78 is 40.3. The van der Waals surface area contributed by atoms with E-state index in [-0.39, 0.29) is 30.6 Å². The van der Waals surface area contributed by atoms with E-state index in [4.69, 9.17) is 9.47 Å². The summed E-state index contributed by atoms with van der Waals surface area (Å²) in [7, 11) is 3.45. The summed E-state index contributed by atoms with van der Waals surface area (Å²) in [6.07, 6.45) is 2.08. The maximum atomic E-state index is 13.1. The molecule has 0 fully saturated rings. The molecule has 0 saturated heterocycles. The maximum absolute atomic E-state index is 13.1. The Morgan fingerprint density at radius 2 is 1.73 bits per heavy atom. The highest BCUT2D eigenvalue weighted by Crippen LogP contribution is 2.27. The van der Waals surface area contributed by atoms with Gasteiger partial charge in [0.05, 0.1) is 18.6 Å². The molecule has 0 unspecified atom stereocenters. The van der Waals surface area contributed by atoms with Crippen LogP contribution in [0.3, 0.4) is 0 Å². The number of nitrogens with zero attached hydrogens (tertiary/aromatic N) is 3. The Balaban J connectivity index is 1.48. The summed E-state index contributed by atoms with van der Waals surface area (Å²) in [5.74, 6) is 0.361. The van der Waals surface area contributed by atoms with Crippen LogP contribution in [0, 0.1) is 13.8 Å².